The Morgan fingerprint density at radius 1 is 1.41 bits per heavy atom. The molecule has 5 heteroatoms. The van der Waals surface area contributed by atoms with Gasteiger partial charge in [0.1, 0.15) is 0 Å². The van der Waals surface area contributed by atoms with Gasteiger partial charge in [0.25, 0.3) is 11.1 Å². The van der Waals surface area contributed by atoms with Crippen LogP contribution in [0.1, 0.15) is 12.5 Å². The fraction of sp³-hybridized carbons (Fsp3) is 0.167. The molecule has 0 bridgehead atoms. The molecule has 3 nitrogen and oxygen atoms in total. The van der Waals surface area contributed by atoms with Crippen molar-refractivity contribution >= 4 is 40.6 Å². The smallest absolute Gasteiger partial charge is 0.269 e. The lowest BCUT2D eigenvalue weighted by atomic mass is 10.2. The van der Waals surface area contributed by atoms with Crippen LogP contribution in [0.4, 0.5) is 4.79 Å². The molecule has 2 amide bonds. The highest BCUT2D eigenvalue weighted by Crippen LogP contribution is 2.32. The number of carbonyl (C=O) groups excluding carboxylic acids is 2. The molecule has 1 aliphatic heterocycles. The van der Waals surface area contributed by atoms with Gasteiger partial charge in [-0.05, 0) is 42.5 Å². The standard InChI is InChI=1S/C12H10ClNO2S/c1-2-14-11(15)10(17-12(14)16)7-8-4-3-5-9(13)6-8/h3-7H,2H2,1H3/b10-7-. The van der Waals surface area contributed by atoms with E-state index in [1.54, 1.807) is 31.2 Å². The summed E-state index contributed by atoms with van der Waals surface area (Å²) in [4.78, 5) is 25.0. The number of rotatable bonds is 2. The Hall–Kier alpha value is -1.26. The molecule has 0 N–H and O–H groups in total. The Labute approximate surface area is 108 Å². The summed E-state index contributed by atoms with van der Waals surface area (Å²) in [5.41, 5.74) is 0.819. The van der Waals surface area contributed by atoms with Crippen LogP contribution in [0.3, 0.4) is 0 Å². The normalized spacial score (nSPS) is 18.2. The van der Waals surface area contributed by atoms with Gasteiger partial charge in [0.05, 0.1) is 4.91 Å². The maximum atomic E-state index is 11.8. The average molecular weight is 268 g/mol. The van der Waals surface area contributed by atoms with Crippen molar-refractivity contribution in [3.63, 3.8) is 0 Å². The molecule has 0 radical (unpaired) electrons. The van der Waals surface area contributed by atoms with Crippen LogP contribution in [0.25, 0.3) is 6.08 Å². The van der Waals surface area contributed by atoms with E-state index >= 15 is 0 Å². The molecule has 0 unspecified atom stereocenters. The number of hydrogen-bond donors (Lipinski definition) is 0. The molecule has 1 aliphatic rings. The molecular formula is C12H10ClNO2S. The van der Waals surface area contributed by atoms with Gasteiger partial charge in [-0.2, -0.15) is 0 Å². The Bertz CT molecular complexity index is 513. The second-order valence-corrected chi connectivity index (χ2v) is 4.91. The molecule has 0 aromatic heterocycles. The average Bonchev–Trinajstić information content (AvgIpc) is 2.54. The van der Waals surface area contributed by atoms with E-state index in [9.17, 15) is 9.59 Å². The number of hydrogen-bond acceptors (Lipinski definition) is 3. The van der Waals surface area contributed by atoms with Crippen LogP contribution in [0.2, 0.25) is 5.02 Å². The van der Waals surface area contributed by atoms with Gasteiger partial charge < -0.3 is 0 Å². The van der Waals surface area contributed by atoms with E-state index in [0.29, 0.717) is 16.5 Å². The second-order valence-electron chi connectivity index (χ2n) is 3.48. The van der Waals surface area contributed by atoms with Gasteiger partial charge in [0.2, 0.25) is 0 Å². The van der Waals surface area contributed by atoms with E-state index < -0.39 is 0 Å². The topological polar surface area (TPSA) is 37.4 Å². The molecule has 2 rings (SSSR count). The van der Waals surface area contributed by atoms with E-state index in [-0.39, 0.29) is 11.1 Å². The minimum atomic E-state index is -0.234. The highest BCUT2D eigenvalue weighted by Gasteiger charge is 2.33. The Balaban J connectivity index is 2.30. The van der Waals surface area contributed by atoms with E-state index in [4.69, 9.17) is 11.6 Å². The van der Waals surface area contributed by atoms with Crippen molar-refractivity contribution in [2.24, 2.45) is 0 Å². The highest BCUT2D eigenvalue weighted by atomic mass is 35.5. The maximum absolute atomic E-state index is 11.8. The maximum Gasteiger partial charge on any atom is 0.293 e. The van der Waals surface area contributed by atoms with E-state index in [0.717, 1.165) is 17.3 Å². The first-order valence-corrected chi connectivity index (χ1v) is 6.32. The number of halogens is 1. The van der Waals surface area contributed by atoms with E-state index in [1.807, 2.05) is 6.07 Å². The van der Waals surface area contributed by atoms with Crippen LogP contribution < -0.4 is 0 Å². The Morgan fingerprint density at radius 2 is 2.18 bits per heavy atom. The van der Waals surface area contributed by atoms with Crippen LogP contribution >= 0.6 is 23.4 Å². The number of carbonyl (C=O) groups is 2. The number of imide groups is 1. The van der Waals surface area contributed by atoms with Gasteiger partial charge in [-0.1, -0.05) is 23.7 Å². The first kappa shape index (κ1) is 12.2. The highest BCUT2D eigenvalue weighted by molar-refractivity contribution is 8.18. The molecule has 0 atom stereocenters. The van der Waals surface area contributed by atoms with Crippen molar-refractivity contribution in [2.75, 3.05) is 6.54 Å². The van der Waals surface area contributed by atoms with Gasteiger partial charge in [-0.3, -0.25) is 14.5 Å². The van der Waals surface area contributed by atoms with Crippen LogP contribution in [-0.4, -0.2) is 22.6 Å². The first-order chi connectivity index (χ1) is 8.11. The predicted molar refractivity (Wildman–Crippen MR) is 69.8 cm³/mol. The quantitative estimate of drug-likeness (QED) is 0.771. The third-order valence-electron chi connectivity index (χ3n) is 2.34. The molecule has 1 aromatic carbocycles. The van der Waals surface area contributed by atoms with Crippen molar-refractivity contribution in [1.82, 2.24) is 4.90 Å². The number of likely N-dealkylation sites (N-methyl/N-ethyl adjacent to an activating group) is 1. The molecular weight excluding hydrogens is 258 g/mol. The summed E-state index contributed by atoms with van der Waals surface area (Å²) >= 11 is 6.82. The molecule has 1 saturated heterocycles. The van der Waals surface area contributed by atoms with Crippen LogP contribution in [0, 0.1) is 0 Å². The van der Waals surface area contributed by atoms with Crippen molar-refractivity contribution in [2.45, 2.75) is 6.92 Å². The van der Waals surface area contributed by atoms with E-state index in [1.165, 1.54) is 4.90 Å². The van der Waals surface area contributed by atoms with Gasteiger partial charge in [-0.25, -0.2) is 0 Å². The lowest BCUT2D eigenvalue weighted by molar-refractivity contribution is -0.122. The number of amides is 2. The minimum absolute atomic E-state index is 0.217. The van der Waals surface area contributed by atoms with Crippen LogP contribution in [0.5, 0.6) is 0 Å². The van der Waals surface area contributed by atoms with Crippen molar-refractivity contribution in [3.05, 3.63) is 39.8 Å². The third-order valence-corrected chi connectivity index (χ3v) is 3.48. The fourth-order valence-electron chi connectivity index (χ4n) is 1.52. The molecule has 1 fully saturated rings. The second kappa shape index (κ2) is 4.94. The molecule has 88 valence electrons. The lowest BCUT2D eigenvalue weighted by Crippen LogP contribution is -2.27. The third kappa shape index (κ3) is 2.53. The van der Waals surface area contributed by atoms with Crippen molar-refractivity contribution in [1.29, 1.82) is 0 Å². The van der Waals surface area contributed by atoms with Crippen molar-refractivity contribution < 1.29 is 9.59 Å². The number of nitrogens with zero attached hydrogens (tertiary/aromatic N) is 1. The largest absolute Gasteiger partial charge is 0.293 e. The van der Waals surface area contributed by atoms with E-state index in [2.05, 4.69) is 0 Å². The Morgan fingerprint density at radius 3 is 2.76 bits per heavy atom. The summed E-state index contributed by atoms with van der Waals surface area (Å²) in [7, 11) is 0. The van der Waals surface area contributed by atoms with Gasteiger partial charge in [-0.15, -0.1) is 0 Å². The summed E-state index contributed by atoms with van der Waals surface area (Å²) in [5.74, 6) is -0.234. The number of benzene rings is 1. The predicted octanol–water partition coefficient (Wildman–Crippen LogP) is 3.40. The van der Waals surface area contributed by atoms with Crippen molar-refractivity contribution in [3.8, 4) is 0 Å². The van der Waals surface area contributed by atoms with Crippen LogP contribution in [0.15, 0.2) is 29.2 Å². The van der Waals surface area contributed by atoms with Gasteiger partial charge in [0.15, 0.2) is 0 Å². The molecule has 0 spiro atoms. The first-order valence-electron chi connectivity index (χ1n) is 5.12. The van der Waals surface area contributed by atoms with Crippen LogP contribution in [-0.2, 0) is 4.79 Å². The number of thioether (sulfide) groups is 1. The summed E-state index contributed by atoms with van der Waals surface area (Å²) in [5, 5.41) is 0.388. The molecule has 0 saturated carbocycles. The molecule has 0 aliphatic carbocycles. The Kier molecular flexibility index (Phi) is 3.54. The zero-order valence-corrected chi connectivity index (χ0v) is 10.7. The zero-order chi connectivity index (χ0) is 12.4. The van der Waals surface area contributed by atoms with Gasteiger partial charge >= 0.3 is 0 Å². The summed E-state index contributed by atoms with van der Waals surface area (Å²) in [6.07, 6.45) is 1.69. The summed E-state index contributed by atoms with van der Waals surface area (Å²) in [6.45, 7) is 2.18. The molecule has 17 heavy (non-hydrogen) atoms. The fourth-order valence-corrected chi connectivity index (χ4v) is 2.62. The minimum Gasteiger partial charge on any atom is -0.269 e. The lowest BCUT2D eigenvalue weighted by Gasteiger charge is -2.06. The van der Waals surface area contributed by atoms with Gasteiger partial charge in [0, 0.05) is 11.6 Å². The summed E-state index contributed by atoms with van der Waals surface area (Å²) in [6, 6.07) is 7.15. The SMILES string of the molecule is CCN1C(=O)S/C(=C\c2cccc(Cl)c2)C1=O. The monoisotopic (exact) mass is 267 g/mol. The molecule has 1 heterocycles. The molecule has 1 aromatic rings. The summed E-state index contributed by atoms with van der Waals surface area (Å²) < 4.78 is 0. The zero-order valence-electron chi connectivity index (χ0n) is 9.14.